The normalized spacial score (nSPS) is 15.7. The standard InChI is InChI=1S/C23H38O3/c1-10-26-21(24)23(15-16(2)3,22(6,7)8)20(17(4)5)18-13-11-12-14-19(18)25-9/h11-14,16-17,20H,10,15H2,1-9H3. The minimum Gasteiger partial charge on any atom is -0.496 e. The minimum atomic E-state index is -0.639. The lowest BCUT2D eigenvalue weighted by atomic mass is 9.52. The van der Waals surface area contributed by atoms with Crippen molar-refractivity contribution in [2.75, 3.05) is 13.7 Å². The van der Waals surface area contributed by atoms with Gasteiger partial charge in [0.25, 0.3) is 0 Å². The number of hydrogen-bond donors (Lipinski definition) is 0. The third kappa shape index (κ3) is 4.42. The van der Waals surface area contributed by atoms with Gasteiger partial charge < -0.3 is 9.47 Å². The van der Waals surface area contributed by atoms with Crippen LogP contribution in [0, 0.1) is 22.7 Å². The van der Waals surface area contributed by atoms with Crippen molar-refractivity contribution in [3.63, 3.8) is 0 Å². The van der Waals surface area contributed by atoms with Crippen LogP contribution >= 0.6 is 0 Å². The summed E-state index contributed by atoms with van der Waals surface area (Å²) in [7, 11) is 1.70. The van der Waals surface area contributed by atoms with E-state index in [1.165, 1.54) is 0 Å². The van der Waals surface area contributed by atoms with Gasteiger partial charge in [0.2, 0.25) is 0 Å². The van der Waals surface area contributed by atoms with Gasteiger partial charge in [0, 0.05) is 5.92 Å². The maximum absolute atomic E-state index is 13.5. The lowest BCUT2D eigenvalue weighted by molar-refractivity contribution is -0.169. The monoisotopic (exact) mass is 362 g/mol. The maximum Gasteiger partial charge on any atom is 0.313 e. The number of esters is 1. The molecule has 0 bridgehead atoms. The van der Waals surface area contributed by atoms with Gasteiger partial charge >= 0.3 is 5.97 Å². The van der Waals surface area contributed by atoms with Crippen molar-refractivity contribution in [1.82, 2.24) is 0 Å². The van der Waals surface area contributed by atoms with Crippen LogP contribution in [0.5, 0.6) is 5.75 Å². The van der Waals surface area contributed by atoms with Gasteiger partial charge in [-0.3, -0.25) is 4.79 Å². The molecule has 0 fully saturated rings. The van der Waals surface area contributed by atoms with Crippen LogP contribution in [-0.2, 0) is 9.53 Å². The Bertz CT molecular complexity index is 583. The van der Waals surface area contributed by atoms with Gasteiger partial charge in [-0.2, -0.15) is 0 Å². The van der Waals surface area contributed by atoms with Crippen LogP contribution in [0.15, 0.2) is 24.3 Å². The molecule has 0 heterocycles. The van der Waals surface area contributed by atoms with E-state index in [0.29, 0.717) is 12.5 Å². The van der Waals surface area contributed by atoms with Crippen LogP contribution in [0.1, 0.15) is 73.3 Å². The molecule has 0 radical (unpaired) electrons. The number of hydrogen-bond acceptors (Lipinski definition) is 3. The molecule has 1 aromatic rings. The summed E-state index contributed by atoms with van der Waals surface area (Å²) in [5, 5.41) is 0. The lowest BCUT2D eigenvalue weighted by Crippen LogP contribution is -2.51. The van der Waals surface area contributed by atoms with Crippen molar-refractivity contribution >= 4 is 5.97 Å². The lowest BCUT2D eigenvalue weighted by Gasteiger charge is -2.50. The molecule has 26 heavy (non-hydrogen) atoms. The van der Waals surface area contributed by atoms with Crippen LogP contribution in [0.25, 0.3) is 0 Å². The van der Waals surface area contributed by atoms with Gasteiger partial charge in [-0.25, -0.2) is 0 Å². The van der Waals surface area contributed by atoms with Gasteiger partial charge in [-0.05, 0) is 42.2 Å². The molecule has 0 aromatic heterocycles. The first-order valence-electron chi connectivity index (χ1n) is 9.83. The Morgan fingerprint density at radius 1 is 1.08 bits per heavy atom. The Morgan fingerprint density at radius 3 is 2.08 bits per heavy atom. The van der Waals surface area contributed by atoms with Crippen LogP contribution < -0.4 is 4.74 Å². The molecule has 0 aliphatic carbocycles. The smallest absolute Gasteiger partial charge is 0.313 e. The fraction of sp³-hybridized carbons (Fsp3) is 0.696. The molecule has 0 saturated heterocycles. The van der Waals surface area contributed by atoms with E-state index in [1.807, 2.05) is 25.1 Å². The van der Waals surface area contributed by atoms with Gasteiger partial charge in [0.05, 0.1) is 19.1 Å². The highest BCUT2D eigenvalue weighted by Crippen LogP contribution is 2.57. The summed E-state index contributed by atoms with van der Waals surface area (Å²) >= 11 is 0. The number of rotatable bonds is 8. The molecule has 3 heteroatoms. The van der Waals surface area contributed by atoms with Crippen molar-refractivity contribution in [2.45, 2.75) is 67.7 Å². The second-order valence-corrected chi connectivity index (χ2v) is 9.00. The second kappa shape index (κ2) is 8.92. The summed E-state index contributed by atoms with van der Waals surface area (Å²) in [6.45, 7) is 17.5. The second-order valence-electron chi connectivity index (χ2n) is 9.00. The Balaban J connectivity index is 3.79. The predicted octanol–water partition coefficient (Wildman–Crippen LogP) is 6.08. The van der Waals surface area contributed by atoms with E-state index in [-0.39, 0.29) is 23.2 Å². The minimum absolute atomic E-state index is 0.0000926. The highest BCUT2D eigenvalue weighted by molar-refractivity contribution is 5.80. The predicted molar refractivity (Wildman–Crippen MR) is 109 cm³/mol. The van der Waals surface area contributed by atoms with E-state index in [1.54, 1.807) is 7.11 Å². The van der Waals surface area contributed by atoms with E-state index in [4.69, 9.17) is 9.47 Å². The summed E-state index contributed by atoms with van der Waals surface area (Å²) in [6, 6.07) is 8.09. The van der Waals surface area contributed by atoms with Gasteiger partial charge in [-0.15, -0.1) is 0 Å². The van der Waals surface area contributed by atoms with E-state index in [2.05, 4.69) is 54.5 Å². The largest absolute Gasteiger partial charge is 0.496 e. The number of carbonyl (C=O) groups excluding carboxylic acids is 1. The Labute approximate surface area is 160 Å². The molecule has 2 unspecified atom stereocenters. The zero-order valence-electron chi connectivity index (χ0n) is 18.2. The molecule has 0 aliphatic rings. The number of methoxy groups -OCH3 is 1. The SMILES string of the molecule is CCOC(=O)C(CC(C)C)(C(c1ccccc1OC)C(C)C)C(C)(C)C. The molecule has 2 atom stereocenters. The quantitative estimate of drug-likeness (QED) is 0.526. The fourth-order valence-corrected chi connectivity index (χ4v) is 4.44. The number of benzene rings is 1. The summed E-state index contributed by atoms with van der Waals surface area (Å²) in [5.74, 6) is 1.38. The van der Waals surface area contributed by atoms with Crippen LogP contribution in [0.3, 0.4) is 0 Å². The Hall–Kier alpha value is -1.51. The first-order valence-corrected chi connectivity index (χ1v) is 9.83. The summed E-state index contributed by atoms with van der Waals surface area (Å²) in [5.41, 5.74) is 0.188. The average Bonchev–Trinajstić information content (AvgIpc) is 2.52. The highest BCUT2D eigenvalue weighted by atomic mass is 16.5. The molecule has 0 amide bonds. The molecule has 0 saturated carbocycles. The average molecular weight is 363 g/mol. The molecule has 0 N–H and O–H groups in total. The van der Waals surface area contributed by atoms with E-state index < -0.39 is 5.41 Å². The molecule has 1 aromatic carbocycles. The van der Waals surface area contributed by atoms with Crippen LogP contribution in [0.2, 0.25) is 0 Å². The Kier molecular flexibility index (Phi) is 7.73. The van der Waals surface area contributed by atoms with Crippen molar-refractivity contribution in [2.24, 2.45) is 22.7 Å². The summed E-state index contributed by atoms with van der Waals surface area (Å²) in [4.78, 5) is 13.5. The molecule has 0 aliphatic heterocycles. The topological polar surface area (TPSA) is 35.5 Å². The van der Waals surface area contributed by atoms with Gasteiger partial charge in [0.1, 0.15) is 5.75 Å². The van der Waals surface area contributed by atoms with E-state index in [0.717, 1.165) is 17.7 Å². The number of ether oxygens (including phenoxy) is 2. The fourth-order valence-electron chi connectivity index (χ4n) is 4.44. The van der Waals surface area contributed by atoms with Crippen LogP contribution in [-0.4, -0.2) is 19.7 Å². The Morgan fingerprint density at radius 2 is 1.65 bits per heavy atom. The highest BCUT2D eigenvalue weighted by Gasteiger charge is 2.56. The summed E-state index contributed by atoms with van der Waals surface area (Å²) in [6.07, 6.45) is 0.774. The zero-order chi connectivity index (χ0) is 20.1. The molecule has 1 rings (SSSR count). The zero-order valence-corrected chi connectivity index (χ0v) is 18.2. The molecule has 3 nitrogen and oxygen atoms in total. The van der Waals surface area contributed by atoms with Crippen molar-refractivity contribution < 1.29 is 14.3 Å². The van der Waals surface area contributed by atoms with Crippen molar-refractivity contribution in [1.29, 1.82) is 0 Å². The summed E-state index contributed by atoms with van der Waals surface area (Å²) < 4.78 is 11.4. The molecular weight excluding hydrogens is 324 g/mol. The third-order valence-corrected chi connectivity index (χ3v) is 5.38. The van der Waals surface area contributed by atoms with E-state index in [9.17, 15) is 4.79 Å². The number of para-hydroxylation sites is 1. The third-order valence-electron chi connectivity index (χ3n) is 5.38. The molecule has 0 spiro atoms. The van der Waals surface area contributed by atoms with Crippen molar-refractivity contribution in [3.05, 3.63) is 29.8 Å². The van der Waals surface area contributed by atoms with Gasteiger partial charge in [-0.1, -0.05) is 66.7 Å². The van der Waals surface area contributed by atoms with Gasteiger partial charge in [0.15, 0.2) is 0 Å². The van der Waals surface area contributed by atoms with E-state index >= 15 is 0 Å². The number of carbonyl (C=O) groups is 1. The molecule has 148 valence electrons. The maximum atomic E-state index is 13.5. The first-order chi connectivity index (χ1) is 12.0. The first kappa shape index (κ1) is 22.5. The van der Waals surface area contributed by atoms with Crippen molar-refractivity contribution in [3.8, 4) is 5.75 Å². The molecular formula is C23H38O3. The van der Waals surface area contributed by atoms with Crippen LogP contribution in [0.4, 0.5) is 0 Å².